The predicted molar refractivity (Wildman–Crippen MR) is 58.7 cm³/mol. The van der Waals surface area contributed by atoms with Crippen LogP contribution in [0.25, 0.3) is 0 Å². The molecule has 0 aromatic heterocycles. The van der Waals surface area contributed by atoms with Crippen LogP contribution in [0.15, 0.2) is 0 Å². The number of hydrogen-bond donors (Lipinski definition) is 2. The molecule has 0 aromatic carbocycles. The van der Waals surface area contributed by atoms with E-state index in [9.17, 15) is 0 Å². The molecule has 0 aliphatic carbocycles. The Morgan fingerprint density at radius 1 is 0.571 bits per heavy atom. The summed E-state index contributed by atoms with van der Waals surface area (Å²) in [6, 6.07) is 0. The normalized spacial score (nSPS) is 24.0. The molecule has 82 valence electrons. The molecule has 0 spiro atoms. The molecule has 0 aromatic rings. The zero-order valence-electron chi connectivity index (χ0n) is 8.97. The van der Waals surface area contributed by atoms with Crippen LogP contribution in [0.2, 0.25) is 0 Å². The van der Waals surface area contributed by atoms with Gasteiger partial charge in [0.2, 0.25) is 0 Å². The third kappa shape index (κ3) is 7.26. The Hall–Kier alpha value is -0.160. The highest BCUT2D eigenvalue weighted by molar-refractivity contribution is 4.58. The first-order valence-corrected chi connectivity index (χ1v) is 5.68. The standard InChI is InChI=1S/C10H22N4/c1-3-11-7-9-13-5-2-6-14-10-8-12-4-1/h11,14H,1-10H2. The van der Waals surface area contributed by atoms with Gasteiger partial charge in [-0.2, -0.15) is 0 Å². The first-order valence-electron chi connectivity index (χ1n) is 5.68. The van der Waals surface area contributed by atoms with Gasteiger partial charge in [-0.05, 0) is 25.9 Å². The lowest BCUT2D eigenvalue weighted by Gasteiger charge is -2.08. The average molecular weight is 198 g/mol. The zero-order valence-corrected chi connectivity index (χ0v) is 8.97. The Labute approximate surface area is 87.2 Å². The highest BCUT2D eigenvalue weighted by Crippen LogP contribution is 1.78. The molecule has 1 aliphatic rings. The molecule has 2 N–H and O–H groups in total. The van der Waals surface area contributed by atoms with Gasteiger partial charge in [-0.1, -0.05) is 0 Å². The van der Waals surface area contributed by atoms with Crippen molar-refractivity contribution in [2.75, 3.05) is 52.4 Å². The van der Waals surface area contributed by atoms with Crippen molar-refractivity contribution in [3.05, 3.63) is 0 Å². The van der Waals surface area contributed by atoms with Crippen LogP contribution in [0, 0.1) is 0 Å². The molecule has 14 heavy (non-hydrogen) atoms. The van der Waals surface area contributed by atoms with Crippen molar-refractivity contribution in [1.29, 1.82) is 0 Å². The van der Waals surface area contributed by atoms with Crippen molar-refractivity contribution < 1.29 is 0 Å². The predicted octanol–water partition coefficient (Wildman–Crippen LogP) is -0.832. The van der Waals surface area contributed by atoms with E-state index in [1.54, 1.807) is 0 Å². The van der Waals surface area contributed by atoms with Crippen molar-refractivity contribution >= 4 is 0 Å². The summed E-state index contributed by atoms with van der Waals surface area (Å²) in [6.07, 6.45) is 2.31. The summed E-state index contributed by atoms with van der Waals surface area (Å²) in [6.45, 7) is 8.09. The van der Waals surface area contributed by atoms with Crippen molar-refractivity contribution in [2.45, 2.75) is 12.8 Å². The fraction of sp³-hybridized carbons (Fsp3) is 1.00. The molecule has 0 unspecified atom stereocenters. The van der Waals surface area contributed by atoms with E-state index in [1.807, 2.05) is 0 Å². The number of rotatable bonds is 0. The highest BCUT2D eigenvalue weighted by atomic mass is 15.0. The Balaban J connectivity index is 2.00. The lowest BCUT2D eigenvalue weighted by atomic mass is 10.3. The summed E-state index contributed by atoms with van der Waals surface area (Å²) in [4.78, 5) is 0. The minimum atomic E-state index is 0.955. The molecule has 1 fully saturated rings. The van der Waals surface area contributed by atoms with Gasteiger partial charge in [0.15, 0.2) is 0 Å². The average Bonchev–Trinajstić information content (AvgIpc) is 2.22. The molecule has 1 saturated heterocycles. The number of hydrogen-bond acceptors (Lipinski definition) is 2. The SMILES string of the molecule is C1C[N]CCNCCC[N]CCNC1. The van der Waals surface area contributed by atoms with Crippen LogP contribution in [0.3, 0.4) is 0 Å². The minimum absolute atomic E-state index is 0.955. The quantitative estimate of drug-likeness (QED) is 0.534. The zero-order chi connectivity index (χ0) is 9.90. The van der Waals surface area contributed by atoms with Crippen LogP contribution >= 0.6 is 0 Å². The van der Waals surface area contributed by atoms with Gasteiger partial charge in [0.25, 0.3) is 0 Å². The Kier molecular flexibility index (Phi) is 8.00. The van der Waals surface area contributed by atoms with Gasteiger partial charge in [0.05, 0.1) is 0 Å². The Morgan fingerprint density at radius 2 is 1.07 bits per heavy atom. The third-order valence-corrected chi connectivity index (χ3v) is 2.23. The van der Waals surface area contributed by atoms with E-state index in [-0.39, 0.29) is 0 Å². The van der Waals surface area contributed by atoms with Crippen molar-refractivity contribution in [1.82, 2.24) is 21.3 Å². The van der Waals surface area contributed by atoms with Crippen molar-refractivity contribution in [3.8, 4) is 0 Å². The first kappa shape index (κ1) is 11.9. The summed E-state index contributed by atoms with van der Waals surface area (Å²) < 4.78 is 0. The smallest absolute Gasteiger partial charge is 0.0258 e. The lowest BCUT2D eigenvalue weighted by molar-refractivity contribution is 0.523. The maximum absolute atomic E-state index is 4.43. The van der Waals surface area contributed by atoms with Crippen molar-refractivity contribution in [3.63, 3.8) is 0 Å². The number of nitrogens with one attached hydrogen (secondary N) is 2. The molecule has 0 atom stereocenters. The molecular formula is C10H22N4. The summed E-state index contributed by atoms with van der Waals surface area (Å²) in [7, 11) is 0. The second-order valence-electron chi connectivity index (χ2n) is 3.55. The topological polar surface area (TPSA) is 52.3 Å². The van der Waals surface area contributed by atoms with Crippen LogP contribution in [0.4, 0.5) is 0 Å². The molecule has 4 heteroatoms. The fourth-order valence-corrected chi connectivity index (χ4v) is 1.42. The Bertz CT molecular complexity index is 65.4. The van der Waals surface area contributed by atoms with E-state index >= 15 is 0 Å². The lowest BCUT2D eigenvalue weighted by Crippen LogP contribution is -2.30. The van der Waals surface area contributed by atoms with Crippen molar-refractivity contribution in [2.24, 2.45) is 0 Å². The fourth-order valence-electron chi connectivity index (χ4n) is 1.42. The van der Waals surface area contributed by atoms with Gasteiger partial charge in [0, 0.05) is 39.3 Å². The largest absolute Gasteiger partial charge is 0.315 e. The van der Waals surface area contributed by atoms with Crippen LogP contribution < -0.4 is 21.3 Å². The van der Waals surface area contributed by atoms with Crippen LogP contribution in [-0.4, -0.2) is 52.4 Å². The van der Waals surface area contributed by atoms with Crippen LogP contribution in [0.5, 0.6) is 0 Å². The van der Waals surface area contributed by atoms with Gasteiger partial charge in [-0.25, -0.2) is 10.6 Å². The highest BCUT2D eigenvalue weighted by Gasteiger charge is 1.94. The molecule has 0 bridgehead atoms. The van der Waals surface area contributed by atoms with E-state index in [0.29, 0.717) is 0 Å². The van der Waals surface area contributed by atoms with E-state index in [2.05, 4.69) is 21.3 Å². The molecule has 1 aliphatic heterocycles. The molecule has 1 rings (SSSR count). The van der Waals surface area contributed by atoms with Gasteiger partial charge >= 0.3 is 0 Å². The van der Waals surface area contributed by atoms with Gasteiger partial charge in [0.1, 0.15) is 0 Å². The summed E-state index contributed by atoms with van der Waals surface area (Å²) >= 11 is 0. The molecule has 0 saturated carbocycles. The van der Waals surface area contributed by atoms with E-state index < -0.39 is 0 Å². The molecule has 0 amide bonds. The summed E-state index contributed by atoms with van der Waals surface area (Å²) in [5.41, 5.74) is 0. The van der Waals surface area contributed by atoms with Gasteiger partial charge in [-0.15, -0.1) is 0 Å². The summed E-state index contributed by atoms with van der Waals surface area (Å²) in [5.74, 6) is 0. The van der Waals surface area contributed by atoms with Gasteiger partial charge < -0.3 is 10.6 Å². The molecule has 2 radical (unpaired) electrons. The molecule has 1 heterocycles. The number of nitrogens with zero attached hydrogens (tertiary/aromatic N) is 2. The maximum Gasteiger partial charge on any atom is 0.0258 e. The Morgan fingerprint density at radius 3 is 1.57 bits per heavy atom. The van der Waals surface area contributed by atoms with E-state index in [0.717, 1.165) is 65.2 Å². The van der Waals surface area contributed by atoms with E-state index in [4.69, 9.17) is 0 Å². The van der Waals surface area contributed by atoms with Crippen LogP contribution in [0.1, 0.15) is 12.8 Å². The second kappa shape index (κ2) is 9.40. The maximum atomic E-state index is 4.43. The summed E-state index contributed by atoms with van der Waals surface area (Å²) in [5, 5.41) is 15.6. The third-order valence-electron chi connectivity index (χ3n) is 2.23. The molecule has 4 nitrogen and oxygen atoms in total. The van der Waals surface area contributed by atoms with E-state index in [1.165, 1.54) is 0 Å². The molecular weight excluding hydrogens is 176 g/mol. The van der Waals surface area contributed by atoms with Crippen LogP contribution in [-0.2, 0) is 0 Å². The van der Waals surface area contributed by atoms with Gasteiger partial charge in [-0.3, -0.25) is 0 Å². The minimum Gasteiger partial charge on any atom is -0.315 e. The second-order valence-corrected chi connectivity index (χ2v) is 3.55. The first-order chi connectivity index (χ1) is 7.00. The monoisotopic (exact) mass is 198 g/mol.